The molecule has 2 N–H and O–H groups in total. The Bertz CT molecular complexity index is 348. The second kappa shape index (κ2) is 5.87. The molecule has 1 fully saturated rings. The summed E-state index contributed by atoms with van der Waals surface area (Å²) in [5, 5.41) is 0. The van der Waals surface area contributed by atoms with Crippen LogP contribution in [-0.4, -0.2) is 19.1 Å². The maximum Gasteiger partial charge on any atom is 0.0367 e. The van der Waals surface area contributed by atoms with E-state index in [0.717, 1.165) is 16.8 Å². The van der Waals surface area contributed by atoms with Crippen LogP contribution in [0.5, 0.6) is 0 Å². The summed E-state index contributed by atoms with van der Waals surface area (Å²) in [4.78, 5) is 2.48. The number of hydrogen-bond acceptors (Lipinski definition) is 2. The zero-order valence-electron chi connectivity index (χ0n) is 10.4. The Morgan fingerprint density at radius 1 is 1.41 bits per heavy atom. The van der Waals surface area contributed by atoms with Crippen molar-refractivity contribution < 1.29 is 0 Å². The van der Waals surface area contributed by atoms with Crippen molar-refractivity contribution in [3.63, 3.8) is 0 Å². The van der Waals surface area contributed by atoms with Crippen LogP contribution in [0, 0.1) is 5.92 Å². The van der Waals surface area contributed by atoms with Crippen molar-refractivity contribution in [1.29, 1.82) is 0 Å². The fraction of sp³-hybridized carbons (Fsp3) is 0.571. The average molecular weight is 297 g/mol. The molecular formula is C14H21BrN2. The smallest absolute Gasteiger partial charge is 0.0367 e. The van der Waals surface area contributed by atoms with Gasteiger partial charge >= 0.3 is 0 Å². The van der Waals surface area contributed by atoms with Gasteiger partial charge in [-0.25, -0.2) is 0 Å². The van der Waals surface area contributed by atoms with Gasteiger partial charge in [-0.2, -0.15) is 0 Å². The summed E-state index contributed by atoms with van der Waals surface area (Å²) in [5.74, 6) is 0.824. The number of rotatable bonds is 4. The predicted octanol–water partition coefficient (Wildman–Crippen LogP) is 3.40. The third kappa shape index (κ3) is 3.71. The van der Waals surface area contributed by atoms with Gasteiger partial charge in [-0.15, -0.1) is 0 Å². The highest BCUT2D eigenvalue weighted by atomic mass is 79.9. The van der Waals surface area contributed by atoms with Crippen molar-refractivity contribution >= 4 is 21.6 Å². The lowest BCUT2D eigenvalue weighted by atomic mass is 10.0. The normalized spacial score (nSPS) is 21.8. The summed E-state index contributed by atoms with van der Waals surface area (Å²) in [6, 6.07) is 8.96. The first-order valence-electron chi connectivity index (χ1n) is 6.41. The lowest BCUT2D eigenvalue weighted by molar-refractivity contribution is 0.483. The fourth-order valence-electron chi connectivity index (χ4n) is 2.45. The van der Waals surface area contributed by atoms with E-state index in [9.17, 15) is 0 Å². The van der Waals surface area contributed by atoms with Crippen LogP contribution in [0.1, 0.15) is 26.2 Å². The van der Waals surface area contributed by atoms with E-state index in [-0.39, 0.29) is 0 Å². The molecular weight excluding hydrogens is 276 g/mol. The van der Waals surface area contributed by atoms with E-state index in [4.69, 9.17) is 5.73 Å². The zero-order valence-corrected chi connectivity index (χ0v) is 12.0. The van der Waals surface area contributed by atoms with E-state index in [1.54, 1.807) is 0 Å². The lowest BCUT2D eigenvalue weighted by Crippen LogP contribution is -2.21. The molecule has 2 unspecified atom stereocenters. The third-order valence-electron chi connectivity index (χ3n) is 3.51. The molecule has 0 amide bonds. The molecule has 0 saturated carbocycles. The summed E-state index contributed by atoms with van der Waals surface area (Å²) < 4.78 is 1.15. The number of benzene rings is 1. The Balaban J connectivity index is 1.87. The topological polar surface area (TPSA) is 29.3 Å². The van der Waals surface area contributed by atoms with Crippen LogP contribution in [0.15, 0.2) is 28.7 Å². The Morgan fingerprint density at radius 2 is 2.12 bits per heavy atom. The van der Waals surface area contributed by atoms with E-state index in [0.29, 0.717) is 6.04 Å². The number of nitrogens with zero attached hydrogens (tertiary/aromatic N) is 1. The average Bonchev–Trinajstić information content (AvgIpc) is 2.76. The van der Waals surface area contributed by atoms with Gasteiger partial charge in [-0.1, -0.05) is 15.9 Å². The van der Waals surface area contributed by atoms with Crippen molar-refractivity contribution in [3.8, 4) is 0 Å². The van der Waals surface area contributed by atoms with Crippen molar-refractivity contribution in [1.82, 2.24) is 0 Å². The van der Waals surface area contributed by atoms with Gasteiger partial charge in [0.2, 0.25) is 0 Å². The van der Waals surface area contributed by atoms with Gasteiger partial charge in [0.25, 0.3) is 0 Å². The summed E-state index contributed by atoms with van der Waals surface area (Å²) in [5.41, 5.74) is 7.16. The molecule has 2 rings (SSSR count). The minimum atomic E-state index is 0.344. The molecule has 0 bridgehead atoms. The van der Waals surface area contributed by atoms with Crippen LogP contribution in [-0.2, 0) is 0 Å². The first-order valence-corrected chi connectivity index (χ1v) is 7.20. The molecule has 1 aliphatic heterocycles. The highest BCUT2D eigenvalue weighted by Gasteiger charge is 2.22. The van der Waals surface area contributed by atoms with Gasteiger partial charge in [0, 0.05) is 29.3 Å². The molecule has 94 valence electrons. The molecule has 3 heteroatoms. The zero-order chi connectivity index (χ0) is 12.3. The molecule has 0 aliphatic carbocycles. The molecule has 2 atom stereocenters. The Hall–Kier alpha value is -0.540. The standard InChI is InChI=1S/C14H21BrN2/c1-11(16)2-3-12-8-9-17(10-12)14-6-4-13(15)5-7-14/h4-7,11-12H,2-3,8-10,16H2,1H3. The highest BCUT2D eigenvalue weighted by molar-refractivity contribution is 9.10. The van der Waals surface area contributed by atoms with Crippen LogP contribution in [0.2, 0.25) is 0 Å². The largest absolute Gasteiger partial charge is 0.371 e. The second-order valence-corrected chi connectivity index (χ2v) is 6.05. The quantitative estimate of drug-likeness (QED) is 0.923. The van der Waals surface area contributed by atoms with E-state index in [2.05, 4.69) is 52.0 Å². The SMILES string of the molecule is CC(N)CCC1CCN(c2ccc(Br)cc2)C1. The van der Waals surface area contributed by atoms with Crippen LogP contribution in [0.4, 0.5) is 5.69 Å². The van der Waals surface area contributed by atoms with Crippen LogP contribution >= 0.6 is 15.9 Å². The third-order valence-corrected chi connectivity index (χ3v) is 4.04. The van der Waals surface area contributed by atoms with Crippen molar-refractivity contribution in [3.05, 3.63) is 28.7 Å². The molecule has 17 heavy (non-hydrogen) atoms. The lowest BCUT2D eigenvalue weighted by Gasteiger charge is -2.19. The van der Waals surface area contributed by atoms with E-state index in [1.165, 1.54) is 31.6 Å². The minimum absolute atomic E-state index is 0.344. The van der Waals surface area contributed by atoms with Gasteiger partial charge in [0.1, 0.15) is 0 Å². The first-order chi connectivity index (χ1) is 8.15. The van der Waals surface area contributed by atoms with Gasteiger partial charge in [-0.3, -0.25) is 0 Å². The maximum absolute atomic E-state index is 5.81. The number of hydrogen-bond donors (Lipinski definition) is 1. The highest BCUT2D eigenvalue weighted by Crippen LogP contribution is 2.27. The second-order valence-electron chi connectivity index (χ2n) is 5.13. The van der Waals surface area contributed by atoms with E-state index < -0.39 is 0 Å². The van der Waals surface area contributed by atoms with Crippen molar-refractivity contribution in [2.45, 2.75) is 32.2 Å². The van der Waals surface area contributed by atoms with Crippen molar-refractivity contribution in [2.75, 3.05) is 18.0 Å². The predicted molar refractivity (Wildman–Crippen MR) is 77.3 cm³/mol. The van der Waals surface area contributed by atoms with E-state index >= 15 is 0 Å². The maximum atomic E-state index is 5.81. The summed E-state index contributed by atoms with van der Waals surface area (Å²) >= 11 is 3.47. The molecule has 0 radical (unpaired) electrons. The summed E-state index contributed by atoms with van der Waals surface area (Å²) in [6.07, 6.45) is 3.73. The van der Waals surface area contributed by atoms with Crippen LogP contribution < -0.4 is 10.6 Å². The van der Waals surface area contributed by atoms with Crippen LogP contribution in [0.25, 0.3) is 0 Å². The van der Waals surface area contributed by atoms with Gasteiger partial charge in [-0.05, 0) is 56.4 Å². The Labute approximate surface area is 112 Å². The minimum Gasteiger partial charge on any atom is -0.371 e. The monoisotopic (exact) mass is 296 g/mol. The molecule has 1 aliphatic rings. The van der Waals surface area contributed by atoms with Crippen molar-refractivity contribution in [2.24, 2.45) is 11.7 Å². The van der Waals surface area contributed by atoms with Crippen LogP contribution in [0.3, 0.4) is 0 Å². The summed E-state index contributed by atoms with van der Waals surface area (Å²) in [7, 11) is 0. The molecule has 1 aromatic carbocycles. The molecule has 0 aromatic heterocycles. The molecule has 2 nitrogen and oxygen atoms in total. The fourth-order valence-corrected chi connectivity index (χ4v) is 2.72. The molecule has 0 spiro atoms. The van der Waals surface area contributed by atoms with Gasteiger partial charge in [0.15, 0.2) is 0 Å². The number of halogens is 1. The van der Waals surface area contributed by atoms with Gasteiger partial charge < -0.3 is 10.6 Å². The van der Waals surface area contributed by atoms with Gasteiger partial charge in [0.05, 0.1) is 0 Å². The molecule has 1 aromatic rings. The Morgan fingerprint density at radius 3 is 2.76 bits per heavy atom. The number of nitrogens with two attached hydrogens (primary N) is 1. The van der Waals surface area contributed by atoms with E-state index in [1.807, 2.05) is 0 Å². The number of anilines is 1. The Kier molecular flexibility index (Phi) is 4.46. The molecule has 1 heterocycles. The molecule has 1 saturated heterocycles. The first kappa shape index (κ1) is 12.9. The summed E-state index contributed by atoms with van der Waals surface area (Å²) in [6.45, 7) is 4.47.